The summed E-state index contributed by atoms with van der Waals surface area (Å²) in [7, 11) is -5.95. The van der Waals surface area contributed by atoms with Crippen molar-refractivity contribution in [3.63, 3.8) is 0 Å². The molecule has 19 heavy (non-hydrogen) atoms. The fourth-order valence-corrected chi connectivity index (χ4v) is 2.81. The predicted octanol–water partition coefficient (Wildman–Crippen LogP) is 2.83. The Morgan fingerprint density at radius 1 is 0.842 bits per heavy atom. The van der Waals surface area contributed by atoms with E-state index in [9.17, 15) is 39.5 Å². The molecule has 0 heterocycles. The van der Waals surface area contributed by atoms with Crippen molar-refractivity contribution in [3.8, 4) is 0 Å². The minimum absolute atomic E-state index is 0.193. The van der Waals surface area contributed by atoms with Crippen LogP contribution in [0.1, 0.15) is 0 Å². The van der Waals surface area contributed by atoms with Gasteiger partial charge in [0.15, 0.2) is 0 Å². The van der Waals surface area contributed by atoms with Gasteiger partial charge in [-0.2, -0.15) is 22.0 Å². The van der Waals surface area contributed by atoms with E-state index in [0.717, 1.165) is 0 Å². The van der Waals surface area contributed by atoms with E-state index in [1.807, 2.05) is 0 Å². The zero-order chi connectivity index (χ0) is 15.7. The van der Waals surface area contributed by atoms with E-state index >= 15 is 0 Å². The molecule has 0 amide bonds. The van der Waals surface area contributed by atoms with Gasteiger partial charge in [-0.3, -0.25) is 4.43 Å². The van der Waals surface area contributed by atoms with Crippen molar-refractivity contribution < 1.29 is 52.8 Å². The van der Waals surface area contributed by atoms with Gasteiger partial charge in [0.1, 0.15) is 0 Å². The Hall–Kier alpha value is -0.533. The third-order valence-electron chi connectivity index (χ3n) is 1.80. The van der Waals surface area contributed by atoms with Crippen LogP contribution in [0.2, 0.25) is 0 Å². The minimum Gasteiger partial charge on any atom is -0.373 e. The van der Waals surface area contributed by atoms with Gasteiger partial charge in [-0.25, -0.2) is 4.39 Å². The molecule has 0 spiro atoms. The molecule has 0 radical (unpaired) electrons. The maximum Gasteiger partial charge on any atom is 0.584 e. The summed E-state index contributed by atoms with van der Waals surface area (Å²) in [5.74, 6) is 0. The molecule has 0 aromatic rings. The molecule has 0 saturated carbocycles. The van der Waals surface area contributed by atoms with Crippen LogP contribution in [0.5, 0.6) is 0 Å². The molecule has 0 bridgehead atoms. The second kappa shape index (κ2) is 5.45. The van der Waals surface area contributed by atoms with E-state index in [-0.39, 0.29) is 14.2 Å². The molecule has 0 aliphatic heterocycles. The number of halogens is 9. The van der Waals surface area contributed by atoms with Crippen LogP contribution in [-0.4, -0.2) is 47.3 Å². The van der Waals surface area contributed by atoms with Crippen molar-refractivity contribution in [2.45, 2.75) is 24.3 Å². The van der Waals surface area contributed by atoms with Gasteiger partial charge in [0.25, 0.3) is 6.17 Å². The Kier molecular flexibility index (Phi) is 5.30. The van der Waals surface area contributed by atoms with Gasteiger partial charge < -0.3 is 8.85 Å². The van der Waals surface area contributed by atoms with Crippen molar-refractivity contribution in [1.29, 1.82) is 0 Å². The average Bonchev–Trinajstić information content (AvgIpc) is 2.21. The van der Waals surface area contributed by atoms with Crippen molar-refractivity contribution in [2.24, 2.45) is 0 Å². The van der Waals surface area contributed by atoms with Crippen LogP contribution < -0.4 is 0 Å². The molecule has 1 atom stereocenters. The van der Waals surface area contributed by atoms with Crippen LogP contribution >= 0.6 is 0 Å². The van der Waals surface area contributed by atoms with Gasteiger partial charge in [-0.05, 0) is 0 Å². The van der Waals surface area contributed by atoms with E-state index in [1.165, 1.54) is 0 Å². The molecule has 1 unspecified atom stereocenters. The first-order valence-corrected chi connectivity index (χ1v) is 5.92. The number of hydrogen-bond acceptors (Lipinski definition) is 3. The fourth-order valence-electron chi connectivity index (χ4n) is 1.02. The van der Waals surface area contributed by atoms with E-state index in [1.54, 1.807) is 0 Å². The van der Waals surface area contributed by atoms with E-state index in [4.69, 9.17) is 0 Å². The number of alkyl halides is 9. The summed E-state index contributed by atoms with van der Waals surface area (Å²) in [6, 6.07) is 0. The first-order chi connectivity index (χ1) is 8.23. The predicted molar refractivity (Wildman–Crippen MR) is 42.8 cm³/mol. The maximum absolute atomic E-state index is 13.3. The quantitative estimate of drug-likeness (QED) is 0.574. The largest absolute Gasteiger partial charge is 0.584 e. The molecule has 3 nitrogen and oxygen atoms in total. The maximum atomic E-state index is 13.3. The highest BCUT2D eigenvalue weighted by Gasteiger charge is 2.76. The first-order valence-electron chi connectivity index (χ1n) is 4.19. The topological polar surface area (TPSA) is 27.7 Å². The first kappa shape index (κ1) is 18.5. The molecular formula is C6H7F9O3Si. The van der Waals surface area contributed by atoms with Gasteiger partial charge in [0.2, 0.25) is 0 Å². The molecule has 0 rings (SSSR count). The normalized spacial score (nSPS) is 16.6. The molecule has 13 heteroatoms. The fraction of sp³-hybridized carbons (Fsp3) is 1.00. The van der Waals surface area contributed by atoms with E-state index in [2.05, 4.69) is 13.3 Å². The van der Waals surface area contributed by atoms with Crippen LogP contribution in [0.15, 0.2) is 0 Å². The van der Waals surface area contributed by atoms with Crippen LogP contribution in [-0.2, 0) is 13.3 Å². The van der Waals surface area contributed by atoms with Crippen molar-refractivity contribution in [2.75, 3.05) is 14.2 Å². The van der Waals surface area contributed by atoms with Gasteiger partial charge in [0, 0.05) is 14.2 Å². The van der Waals surface area contributed by atoms with Crippen LogP contribution in [0, 0.1) is 0 Å². The zero-order valence-electron chi connectivity index (χ0n) is 9.20. The number of hydrogen-bond donors (Lipinski definition) is 0. The van der Waals surface area contributed by atoms with Crippen molar-refractivity contribution in [3.05, 3.63) is 0 Å². The molecule has 116 valence electrons. The lowest BCUT2D eigenvalue weighted by molar-refractivity contribution is -0.312. The Morgan fingerprint density at radius 3 is 1.42 bits per heavy atom. The zero-order valence-corrected chi connectivity index (χ0v) is 10.2. The van der Waals surface area contributed by atoms with Gasteiger partial charge in [-0.15, -0.1) is 13.2 Å². The summed E-state index contributed by atoms with van der Waals surface area (Å²) in [6.07, 6.45) is -16.9. The monoisotopic (exact) mass is 326 g/mol. The lowest BCUT2D eigenvalue weighted by Gasteiger charge is -2.35. The highest BCUT2D eigenvalue weighted by Crippen LogP contribution is 2.43. The third-order valence-corrected chi connectivity index (χ3v) is 4.45. The van der Waals surface area contributed by atoms with Gasteiger partial charge >= 0.3 is 26.9 Å². The third kappa shape index (κ3) is 3.96. The lowest BCUT2D eigenvalue weighted by Crippen LogP contribution is -2.67. The summed E-state index contributed by atoms with van der Waals surface area (Å²) in [5.41, 5.74) is -5.68. The standard InChI is InChI=1S/C6H7F9O3Si/c1-16-19(17-2,18-6(13,14)15)5(11,12)3(7)4(8,9)10/h3H,1-2H3. The van der Waals surface area contributed by atoms with Crippen LogP contribution in [0.3, 0.4) is 0 Å². The Balaban J connectivity index is 5.61. The molecule has 0 N–H and O–H groups in total. The van der Waals surface area contributed by atoms with Crippen LogP contribution in [0.4, 0.5) is 39.5 Å². The highest BCUT2D eigenvalue weighted by atomic mass is 28.4. The van der Waals surface area contributed by atoms with Crippen LogP contribution in [0.25, 0.3) is 0 Å². The molecule has 0 aliphatic carbocycles. The Bertz CT molecular complexity index is 297. The van der Waals surface area contributed by atoms with E-state index < -0.39 is 33.1 Å². The lowest BCUT2D eigenvalue weighted by atomic mass is 10.4. The minimum atomic E-state index is -6.33. The number of rotatable bonds is 5. The highest BCUT2D eigenvalue weighted by molar-refractivity contribution is 6.63. The molecule has 0 aliphatic rings. The van der Waals surface area contributed by atoms with Crippen molar-refractivity contribution >= 4 is 8.80 Å². The molecule has 0 saturated heterocycles. The molecule has 0 fully saturated rings. The summed E-state index contributed by atoms with van der Waals surface area (Å²) >= 11 is 0. The van der Waals surface area contributed by atoms with Crippen molar-refractivity contribution in [1.82, 2.24) is 0 Å². The molecule has 0 aromatic carbocycles. The second-order valence-corrected chi connectivity index (χ2v) is 5.84. The second-order valence-electron chi connectivity index (χ2n) is 3.04. The summed E-state index contributed by atoms with van der Waals surface area (Å²) < 4.78 is 121. The Morgan fingerprint density at radius 2 is 1.21 bits per heavy atom. The summed E-state index contributed by atoms with van der Waals surface area (Å²) in [6.45, 7) is 0. The average molecular weight is 326 g/mol. The van der Waals surface area contributed by atoms with E-state index in [0.29, 0.717) is 0 Å². The summed E-state index contributed by atoms with van der Waals surface area (Å²) in [5, 5.41) is 0. The molecule has 0 aromatic heterocycles. The van der Waals surface area contributed by atoms with Gasteiger partial charge in [0.05, 0.1) is 0 Å². The van der Waals surface area contributed by atoms with Gasteiger partial charge in [-0.1, -0.05) is 0 Å². The smallest absolute Gasteiger partial charge is 0.373 e. The SMILES string of the molecule is CO[Si](OC)(OC(F)(F)F)C(F)(F)C(F)C(F)(F)F. The Labute approximate surface area is 101 Å². The summed E-state index contributed by atoms with van der Waals surface area (Å²) in [4.78, 5) is 0. The molecular weight excluding hydrogens is 319 g/mol.